The lowest BCUT2D eigenvalue weighted by atomic mass is 9.70. The van der Waals surface area contributed by atoms with Crippen molar-refractivity contribution in [3.8, 4) is 0 Å². The quantitative estimate of drug-likeness (QED) is 0.103. The number of esters is 1. The molecular formula is C41H51BrN6O8. The van der Waals surface area contributed by atoms with Gasteiger partial charge in [-0.2, -0.15) is 0 Å². The molecule has 3 aromatic rings. The summed E-state index contributed by atoms with van der Waals surface area (Å²) in [6.07, 6.45) is 2.97. The van der Waals surface area contributed by atoms with Gasteiger partial charge in [-0.1, -0.05) is 96.0 Å². The van der Waals surface area contributed by atoms with Crippen molar-refractivity contribution in [1.29, 1.82) is 0 Å². The molecule has 0 aliphatic carbocycles. The summed E-state index contributed by atoms with van der Waals surface area (Å²) < 4.78 is 20.3. The van der Waals surface area contributed by atoms with E-state index in [1.807, 2.05) is 44.2 Å². The summed E-state index contributed by atoms with van der Waals surface area (Å²) in [5.41, 5.74) is 0.558. The van der Waals surface area contributed by atoms with Crippen molar-refractivity contribution in [3.63, 3.8) is 0 Å². The zero-order valence-corrected chi connectivity index (χ0v) is 33.6. The number of benzene rings is 2. The number of allylic oxidation sites excluding steroid dienone is 1. The number of rotatable bonds is 19. The van der Waals surface area contributed by atoms with Crippen molar-refractivity contribution in [2.24, 2.45) is 17.8 Å². The van der Waals surface area contributed by atoms with Gasteiger partial charge in [-0.25, -0.2) is 4.68 Å². The van der Waals surface area contributed by atoms with Crippen molar-refractivity contribution in [3.05, 3.63) is 85.5 Å². The van der Waals surface area contributed by atoms with Crippen molar-refractivity contribution in [2.45, 2.75) is 87.0 Å². The van der Waals surface area contributed by atoms with Gasteiger partial charge in [-0.3, -0.25) is 19.2 Å². The van der Waals surface area contributed by atoms with Crippen molar-refractivity contribution in [2.75, 3.05) is 26.9 Å². The maximum Gasteiger partial charge on any atom is 0.313 e. The molecule has 3 aliphatic rings. The van der Waals surface area contributed by atoms with Gasteiger partial charge in [0, 0.05) is 24.9 Å². The highest BCUT2D eigenvalue weighted by molar-refractivity contribution is 9.09. The number of aliphatic hydroxyl groups excluding tert-OH is 1. The number of aliphatic hydroxyl groups is 1. The smallest absolute Gasteiger partial charge is 0.313 e. The number of methoxy groups -OCH3 is 1. The molecule has 0 radical (unpaired) electrons. The van der Waals surface area contributed by atoms with Gasteiger partial charge in [0.15, 0.2) is 0 Å². The van der Waals surface area contributed by atoms with Crippen LogP contribution in [0.2, 0.25) is 0 Å². The van der Waals surface area contributed by atoms with Crippen LogP contribution in [0, 0.1) is 17.8 Å². The van der Waals surface area contributed by atoms with Crippen molar-refractivity contribution < 1.29 is 38.5 Å². The fourth-order valence-electron chi connectivity index (χ4n) is 8.64. The monoisotopic (exact) mass is 834 g/mol. The first kappa shape index (κ1) is 41.2. The Labute approximate surface area is 335 Å². The molecule has 10 atom stereocenters. The Kier molecular flexibility index (Phi) is 13.1. The number of nitrogens with zero attached hydrogens (tertiary/aromatic N) is 5. The number of nitrogens with one attached hydrogen (secondary N) is 1. The average molecular weight is 836 g/mol. The molecule has 2 bridgehead atoms. The maximum absolute atomic E-state index is 15.2. The number of alkyl halides is 1. The highest BCUT2D eigenvalue weighted by atomic mass is 79.9. The molecule has 1 spiro atoms. The van der Waals surface area contributed by atoms with E-state index in [9.17, 15) is 14.7 Å². The van der Waals surface area contributed by atoms with Crippen LogP contribution in [-0.2, 0) is 40.1 Å². The van der Waals surface area contributed by atoms with Gasteiger partial charge in [-0.15, -0.1) is 18.3 Å². The van der Waals surface area contributed by atoms with Crippen LogP contribution in [0.4, 0.5) is 0 Å². The Morgan fingerprint density at radius 1 is 1.16 bits per heavy atom. The van der Waals surface area contributed by atoms with E-state index < -0.39 is 77.0 Å². The predicted octanol–water partition coefficient (Wildman–Crippen LogP) is 3.94. The minimum atomic E-state index is -1.44. The van der Waals surface area contributed by atoms with E-state index >= 15 is 9.59 Å². The van der Waals surface area contributed by atoms with Gasteiger partial charge in [0.2, 0.25) is 17.7 Å². The molecule has 3 aliphatic heterocycles. The molecule has 3 fully saturated rings. The number of para-hydroxylation sites is 1. The van der Waals surface area contributed by atoms with E-state index in [0.717, 1.165) is 5.52 Å². The molecule has 15 heteroatoms. The Morgan fingerprint density at radius 3 is 2.57 bits per heavy atom. The summed E-state index contributed by atoms with van der Waals surface area (Å²) in [4.78, 5) is 60.6. The first-order valence-electron chi connectivity index (χ1n) is 19.1. The normalized spacial score (nSPS) is 26.0. The average Bonchev–Trinajstić information content (AvgIpc) is 3.93. The van der Waals surface area contributed by atoms with Crippen LogP contribution in [0.15, 0.2) is 79.9 Å². The second-order valence-electron chi connectivity index (χ2n) is 14.8. The lowest BCUT2D eigenvalue weighted by Crippen LogP contribution is -2.60. The summed E-state index contributed by atoms with van der Waals surface area (Å²) in [6.45, 7) is 11.2. The van der Waals surface area contributed by atoms with E-state index in [1.54, 1.807) is 46.0 Å². The summed E-state index contributed by atoms with van der Waals surface area (Å²) in [7, 11) is 1.49. The second kappa shape index (κ2) is 17.8. The SMILES string of the molecule is C=CCCC(=O)N[C@H](COC)[C@H](OC(=O)[C@@H]1[C@H]2O[C@@]3(CC2Br)[C@H](C(=O)N(CC=C)Cn2nnc4ccccc42)N([C@@H](CO)[C@@H](C)CC)C(=O)[C@@H]13)c1ccccc1. The first-order chi connectivity index (χ1) is 27.0. The zero-order chi connectivity index (χ0) is 40.1. The van der Waals surface area contributed by atoms with Gasteiger partial charge in [-0.05, 0) is 36.5 Å². The highest BCUT2D eigenvalue weighted by Gasteiger charge is 2.78. The van der Waals surface area contributed by atoms with Gasteiger partial charge in [0.25, 0.3) is 0 Å². The van der Waals surface area contributed by atoms with E-state index in [-0.39, 0.29) is 44.5 Å². The molecule has 2 N–H and O–H groups in total. The molecule has 3 saturated heterocycles. The largest absolute Gasteiger partial charge is 0.455 e. The fourth-order valence-corrected chi connectivity index (χ4v) is 9.59. The Balaban J connectivity index is 1.39. The minimum Gasteiger partial charge on any atom is -0.455 e. The Morgan fingerprint density at radius 2 is 1.89 bits per heavy atom. The highest BCUT2D eigenvalue weighted by Crippen LogP contribution is 2.61. The third kappa shape index (κ3) is 7.65. The van der Waals surface area contributed by atoms with E-state index in [4.69, 9.17) is 14.2 Å². The van der Waals surface area contributed by atoms with Crippen molar-refractivity contribution >= 4 is 50.7 Å². The number of amides is 3. The van der Waals surface area contributed by atoms with Gasteiger partial charge >= 0.3 is 5.97 Å². The van der Waals surface area contributed by atoms with Gasteiger partial charge < -0.3 is 34.4 Å². The van der Waals surface area contributed by atoms with Crippen LogP contribution >= 0.6 is 15.9 Å². The summed E-state index contributed by atoms with van der Waals surface area (Å²) in [6, 6.07) is 13.7. The summed E-state index contributed by atoms with van der Waals surface area (Å²) in [5, 5.41) is 22.4. The van der Waals surface area contributed by atoms with Crippen molar-refractivity contribution in [1.82, 2.24) is 30.1 Å². The summed E-state index contributed by atoms with van der Waals surface area (Å²) in [5.74, 6) is -4.28. The number of likely N-dealkylation sites (tertiary alicyclic amines) is 1. The summed E-state index contributed by atoms with van der Waals surface area (Å²) >= 11 is 3.75. The molecule has 300 valence electrons. The predicted molar refractivity (Wildman–Crippen MR) is 211 cm³/mol. The second-order valence-corrected chi connectivity index (χ2v) is 16.0. The molecule has 2 aromatic carbocycles. The lowest BCUT2D eigenvalue weighted by Gasteiger charge is -2.40. The van der Waals surface area contributed by atoms with Crippen LogP contribution in [-0.4, -0.2) is 115 Å². The maximum atomic E-state index is 15.2. The number of carbonyl (C=O) groups is 4. The number of hydrogen-bond acceptors (Lipinski definition) is 10. The molecule has 4 heterocycles. The van der Waals surface area contributed by atoms with Gasteiger partial charge in [0.1, 0.15) is 29.9 Å². The van der Waals surface area contributed by atoms with E-state index in [2.05, 4.69) is 44.7 Å². The van der Waals surface area contributed by atoms with Crippen LogP contribution < -0.4 is 5.32 Å². The molecule has 56 heavy (non-hydrogen) atoms. The molecule has 3 amide bonds. The molecule has 14 nitrogen and oxygen atoms in total. The fraction of sp³-hybridized carbons (Fsp3) is 0.512. The number of carbonyl (C=O) groups excluding carboxylic acids is 4. The van der Waals surface area contributed by atoms with E-state index in [0.29, 0.717) is 23.9 Å². The molecule has 1 aromatic heterocycles. The molecular weight excluding hydrogens is 784 g/mol. The zero-order valence-electron chi connectivity index (χ0n) is 32.0. The number of aromatic nitrogens is 3. The van der Waals surface area contributed by atoms with Crippen LogP contribution in [0.25, 0.3) is 11.0 Å². The molecule has 6 rings (SSSR count). The molecule has 1 unspecified atom stereocenters. The lowest BCUT2D eigenvalue weighted by molar-refractivity contribution is -0.164. The first-order valence-corrected chi connectivity index (χ1v) is 20.0. The Hall–Kier alpha value is -4.44. The Bertz CT molecular complexity index is 1910. The van der Waals surface area contributed by atoms with E-state index in [1.165, 1.54) is 12.0 Å². The minimum absolute atomic E-state index is 0.00255. The topological polar surface area (TPSA) is 165 Å². The standard InChI is InChI=1S/C41H51BrN6O8/c1-6-9-19-32(50)43-29(23-54-5)35(26-15-11-10-12-16-26)55-40(53)33-34-38(51)48(31(22-49)25(4)8-3)37(41(34)21-27(42)36(33)56-41)39(52)46(20-7-2)24-47-30-18-14-13-17-28(30)44-45-47/h6-7,10-18,25,27,29,31,33-37,49H,1-2,8-9,19-24H2,3-5H3,(H,43,50)/t25-,27?,29+,31-,33-,34+,35+,36-,37-,41+/m0/s1. The number of hydrogen-bond donors (Lipinski definition) is 2. The van der Waals surface area contributed by atoms with Crippen LogP contribution in [0.5, 0.6) is 0 Å². The third-order valence-corrected chi connectivity index (χ3v) is 12.3. The van der Waals surface area contributed by atoms with Gasteiger partial charge in [0.05, 0.1) is 48.8 Å². The number of ether oxygens (including phenoxy) is 3. The van der Waals surface area contributed by atoms with Crippen LogP contribution in [0.3, 0.4) is 0 Å². The number of halogens is 1. The third-order valence-electron chi connectivity index (χ3n) is 11.5. The number of fused-ring (bicyclic) bond motifs is 2. The molecule has 0 saturated carbocycles. The van der Waals surface area contributed by atoms with Crippen LogP contribution in [0.1, 0.15) is 51.2 Å².